The third kappa shape index (κ3) is 4.55. The van der Waals surface area contributed by atoms with E-state index in [4.69, 9.17) is 29.1 Å². The van der Waals surface area contributed by atoms with E-state index in [1.165, 1.54) is 5.69 Å². The van der Waals surface area contributed by atoms with Crippen LogP contribution in [0.2, 0.25) is 0 Å². The van der Waals surface area contributed by atoms with Crippen LogP contribution >= 0.6 is 0 Å². The Kier molecular flexibility index (Phi) is 7.10. The Morgan fingerprint density at radius 2 is 1.55 bits per heavy atom. The number of methoxy groups -OCH3 is 3. The summed E-state index contributed by atoms with van der Waals surface area (Å²) in [5, 5.41) is 23.3. The average molecular weight is 609 g/mol. The number of carbonyl (C=O) groups excluding carboxylic acids is 1. The molecule has 0 saturated carbocycles. The number of aryl methyl sites for hydroxylation is 1. The number of nitrogens with one attached hydrogen (secondary N) is 2. The van der Waals surface area contributed by atoms with Crippen LogP contribution < -0.4 is 23.9 Å². The number of carboxylic acid groups (broad SMARTS) is 1. The van der Waals surface area contributed by atoms with Crippen molar-refractivity contribution in [1.29, 1.82) is 0 Å². The van der Waals surface area contributed by atoms with Gasteiger partial charge in [0.05, 0.1) is 54.8 Å². The van der Waals surface area contributed by atoms with Gasteiger partial charge in [0.2, 0.25) is 17.9 Å². The van der Waals surface area contributed by atoms with Crippen molar-refractivity contribution in [2.45, 2.75) is 31.5 Å². The number of halogens is 3. The van der Waals surface area contributed by atoms with Gasteiger partial charge in [0.1, 0.15) is 34.4 Å². The number of rotatable bonds is 4. The van der Waals surface area contributed by atoms with Gasteiger partial charge in [-0.1, -0.05) is 24.3 Å². The van der Waals surface area contributed by atoms with Crippen molar-refractivity contribution in [3.05, 3.63) is 60.2 Å². The van der Waals surface area contributed by atoms with Crippen LogP contribution in [0.15, 0.2) is 48.8 Å². The first-order valence-corrected chi connectivity index (χ1v) is 13.6. The summed E-state index contributed by atoms with van der Waals surface area (Å²) in [6.07, 6.45) is 1.55. The van der Waals surface area contributed by atoms with Gasteiger partial charge in [-0.3, -0.25) is 0 Å². The minimum atomic E-state index is -5.19. The zero-order valence-electron chi connectivity index (χ0n) is 23.8. The zero-order valence-corrected chi connectivity index (χ0v) is 23.8. The van der Waals surface area contributed by atoms with Gasteiger partial charge in [-0.2, -0.15) is 17.7 Å². The molecule has 0 unspecified atom stereocenters. The number of alkyl halides is 3. The fourth-order valence-electron chi connectivity index (χ4n) is 6.10. The Morgan fingerprint density at radius 3 is 2.20 bits per heavy atom. The highest BCUT2D eigenvalue weighted by Crippen LogP contribution is 2.42. The molecule has 0 bridgehead atoms. The first-order valence-electron chi connectivity index (χ1n) is 13.6. The minimum Gasteiger partial charge on any atom is -0.542 e. The molecule has 0 fully saturated rings. The number of hydrogen-bond acceptors (Lipinski definition) is 7. The van der Waals surface area contributed by atoms with Gasteiger partial charge >= 0.3 is 6.18 Å². The molecule has 1 aliphatic heterocycles. The summed E-state index contributed by atoms with van der Waals surface area (Å²) < 4.78 is 51.1. The average Bonchev–Trinajstić information content (AvgIpc) is 3.61. The van der Waals surface area contributed by atoms with Crippen molar-refractivity contribution in [3.8, 4) is 23.0 Å². The van der Waals surface area contributed by atoms with Crippen LogP contribution in [0.4, 0.5) is 13.2 Å². The number of fused-ring (bicyclic) bond motifs is 8. The first-order chi connectivity index (χ1) is 21.1. The van der Waals surface area contributed by atoms with Crippen LogP contribution in [0.3, 0.4) is 0 Å². The van der Waals surface area contributed by atoms with Crippen LogP contribution in [0, 0.1) is 0 Å². The zero-order chi connectivity index (χ0) is 31.3. The number of aliphatic carboxylic acids is 1. The summed E-state index contributed by atoms with van der Waals surface area (Å²) in [7, 11) is 5.04. The Hall–Kier alpha value is -5.20. The number of phenolic OH excluding ortho intramolecular Hbond substituents is 1. The quantitative estimate of drug-likeness (QED) is 0.249. The Bertz CT molecular complexity index is 2070. The summed E-state index contributed by atoms with van der Waals surface area (Å²) in [6, 6.07) is 11.6. The maximum Gasteiger partial charge on any atom is 0.430 e. The van der Waals surface area contributed by atoms with Crippen molar-refractivity contribution in [1.82, 2.24) is 15.0 Å². The number of pyridine rings is 2. The van der Waals surface area contributed by atoms with Crippen LogP contribution in [0.5, 0.6) is 23.0 Å². The molecule has 7 rings (SSSR count). The van der Waals surface area contributed by atoms with Gasteiger partial charge in [-0.25, -0.2) is 4.98 Å². The number of benzene rings is 2. The van der Waals surface area contributed by atoms with Gasteiger partial charge < -0.3 is 39.2 Å². The molecule has 13 heteroatoms. The van der Waals surface area contributed by atoms with E-state index in [0.717, 1.165) is 85.8 Å². The summed E-state index contributed by atoms with van der Waals surface area (Å²) in [6.45, 7) is 0. The Labute approximate surface area is 247 Å². The normalized spacial score (nSPS) is 14.8. The number of carboxylic acids is 1. The molecule has 6 aromatic rings. The lowest BCUT2D eigenvalue weighted by Gasteiger charge is -2.21. The monoisotopic (exact) mass is 608 g/mol. The summed E-state index contributed by atoms with van der Waals surface area (Å²) in [5.74, 6) is -0.524. The lowest BCUT2D eigenvalue weighted by molar-refractivity contribution is -0.725. The lowest BCUT2D eigenvalue weighted by atomic mass is 9.95. The third-order valence-electron chi connectivity index (χ3n) is 7.97. The van der Waals surface area contributed by atoms with Gasteiger partial charge in [0.15, 0.2) is 5.75 Å². The van der Waals surface area contributed by atoms with E-state index in [2.05, 4.69) is 26.8 Å². The molecule has 1 aliphatic rings. The van der Waals surface area contributed by atoms with Crippen molar-refractivity contribution >= 4 is 49.6 Å². The number of hydrogen-bond donors (Lipinski definition) is 3. The second-order valence-corrected chi connectivity index (χ2v) is 10.3. The Morgan fingerprint density at radius 1 is 0.932 bits per heavy atom. The topological polar surface area (TPSA) is 136 Å². The van der Waals surface area contributed by atoms with E-state index in [-0.39, 0.29) is 11.8 Å². The van der Waals surface area contributed by atoms with Crippen LogP contribution in [-0.2, 0) is 11.2 Å². The summed E-state index contributed by atoms with van der Waals surface area (Å²) in [5.41, 5.74) is 5.69. The molecule has 0 aliphatic carbocycles. The molecular formula is C31H27F3N4O6. The molecule has 3 N–H and O–H groups in total. The SMILES string of the molecule is COc1cccc2c1[nH]c1c([C@@H]3CCCc4c5[nH]c6c(O)cccc6c5c(OC)c[n+]43)ncc(OC)c12.O=C([O-])C(F)(F)F. The largest absolute Gasteiger partial charge is 0.542 e. The maximum atomic E-state index is 10.5. The second kappa shape index (κ2) is 10.8. The standard InChI is InChI=1S/C29H26N4O4.C2HF3O2/c1-35-20-12-5-8-16-23-21(36-2)13-30-28(29(23)32-26(16)20)18-10-6-9-17-27-24(22(37-3)14-33(17)18)15-7-4-11-19(34)25(15)31-27;3-2(4,5)1(6)7/h4-5,7-8,11-14,18H,6,9-10H2,1-3H3,(H2,30,32,34);(H,6,7)/t18-;/m0./s1. The molecular weight excluding hydrogens is 581 g/mol. The lowest BCUT2D eigenvalue weighted by Crippen LogP contribution is -2.47. The Balaban J connectivity index is 0.000000441. The van der Waals surface area contributed by atoms with Crippen molar-refractivity contribution in [3.63, 3.8) is 0 Å². The summed E-state index contributed by atoms with van der Waals surface area (Å²) >= 11 is 0. The number of H-pyrrole nitrogens is 2. The van der Waals surface area contributed by atoms with E-state index in [9.17, 15) is 18.3 Å². The molecule has 1 atom stereocenters. The molecule has 44 heavy (non-hydrogen) atoms. The van der Waals surface area contributed by atoms with Crippen molar-refractivity contribution < 1.29 is 47.0 Å². The fourth-order valence-corrected chi connectivity index (χ4v) is 6.10. The number of aromatic amines is 2. The molecule has 10 nitrogen and oxygen atoms in total. The smallest absolute Gasteiger partial charge is 0.430 e. The number of para-hydroxylation sites is 2. The fraction of sp³-hybridized carbons (Fsp3) is 0.258. The minimum absolute atomic E-state index is 0.0190. The van der Waals surface area contributed by atoms with Crippen LogP contribution in [-0.4, -0.2) is 53.5 Å². The molecule has 0 radical (unpaired) electrons. The molecule has 0 spiro atoms. The highest BCUT2D eigenvalue weighted by Gasteiger charge is 2.36. The first kappa shape index (κ1) is 28.9. The van der Waals surface area contributed by atoms with E-state index in [0.29, 0.717) is 0 Å². The molecule has 5 heterocycles. The van der Waals surface area contributed by atoms with Crippen LogP contribution in [0.1, 0.15) is 30.3 Å². The number of nitrogens with zero attached hydrogens (tertiary/aromatic N) is 2. The van der Waals surface area contributed by atoms with E-state index in [1.807, 2.05) is 30.5 Å². The van der Waals surface area contributed by atoms with Gasteiger partial charge in [0.25, 0.3) is 0 Å². The molecule has 0 saturated heterocycles. The number of aromatic nitrogens is 4. The van der Waals surface area contributed by atoms with E-state index >= 15 is 0 Å². The van der Waals surface area contributed by atoms with Gasteiger partial charge in [-0.05, 0) is 18.6 Å². The summed E-state index contributed by atoms with van der Waals surface area (Å²) in [4.78, 5) is 20.8. The molecule has 4 aromatic heterocycles. The molecule has 2 aromatic carbocycles. The third-order valence-corrected chi connectivity index (χ3v) is 7.97. The number of ether oxygens (including phenoxy) is 3. The van der Waals surface area contributed by atoms with Gasteiger partial charge in [0, 0.05) is 23.6 Å². The van der Waals surface area contributed by atoms with Gasteiger partial charge in [-0.15, -0.1) is 0 Å². The number of aromatic hydroxyl groups is 1. The molecule has 228 valence electrons. The van der Waals surface area contributed by atoms with E-state index in [1.54, 1.807) is 27.4 Å². The van der Waals surface area contributed by atoms with Crippen LogP contribution in [0.25, 0.3) is 43.6 Å². The van der Waals surface area contributed by atoms with Crippen molar-refractivity contribution in [2.75, 3.05) is 21.3 Å². The van der Waals surface area contributed by atoms with E-state index < -0.39 is 12.1 Å². The molecule has 0 amide bonds. The highest BCUT2D eigenvalue weighted by molar-refractivity contribution is 6.13. The van der Waals surface area contributed by atoms with Crippen molar-refractivity contribution in [2.24, 2.45) is 0 Å². The second-order valence-electron chi connectivity index (χ2n) is 10.3. The number of carbonyl (C=O) groups is 1. The predicted molar refractivity (Wildman–Crippen MR) is 153 cm³/mol. The predicted octanol–water partition coefficient (Wildman–Crippen LogP) is 4.59. The highest BCUT2D eigenvalue weighted by atomic mass is 19.4. The number of phenols is 1. The maximum absolute atomic E-state index is 10.5.